The Morgan fingerprint density at radius 1 is 0.864 bits per heavy atom. The minimum atomic E-state index is 0.356. The maximum absolute atomic E-state index is 3.83. The molecular formula is C20H26N2. The maximum Gasteiger partial charge on any atom is 0.0453 e. The molecule has 0 bridgehead atoms. The first kappa shape index (κ1) is 15.3. The Labute approximate surface area is 134 Å². The van der Waals surface area contributed by atoms with Crippen molar-refractivity contribution in [1.82, 2.24) is 10.2 Å². The van der Waals surface area contributed by atoms with Crippen LogP contribution in [0.4, 0.5) is 0 Å². The molecule has 2 atom stereocenters. The first-order valence-corrected chi connectivity index (χ1v) is 8.41. The van der Waals surface area contributed by atoms with Crippen molar-refractivity contribution < 1.29 is 0 Å². The molecule has 3 rings (SSSR count). The van der Waals surface area contributed by atoms with Gasteiger partial charge in [0.2, 0.25) is 0 Å². The lowest BCUT2D eigenvalue weighted by Gasteiger charge is -2.28. The van der Waals surface area contributed by atoms with Crippen LogP contribution in [0.3, 0.4) is 0 Å². The summed E-state index contributed by atoms with van der Waals surface area (Å²) in [6, 6.07) is 22.3. The number of rotatable bonds is 6. The van der Waals surface area contributed by atoms with Gasteiger partial charge in [-0.3, -0.25) is 0 Å². The summed E-state index contributed by atoms with van der Waals surface area (Å²) in [5, 5.41) is 3.83. The largest absolute Gasteiger partial charge is 0.302 e. The third-order valence-corrected chi connectivity index (χ3v) is 4.59. The van der Waals surface area contributed by atoms with Gasteiger partial charge in [0.25, 0.3) is 0 Å². The Bertz CT molecular complexity index is 546. The number of likely N-dealkylation sites (tertiary alicyclic amines) is 1. The van der Waals surface area contributed by atoms with Crippen molar-refractivity contribution in [1.29, 1.82) is 0 Å². The van der Waals surface area contributed by atoms with E-state index in [1.165, 1.54) is 37.1 Å². The minimum Gasteiger partial charge on any atom is -0.302 e. The minimum absolute atomic E-state index is 0.356. The number of benzene rings is 2. The van der Waals surface area contributed by atoms with Gasteiger partial charge in [-0.25, -0.2) is 0 Å². The first-order chi connectivity index (χ1) is 10.8. The van der Waals surface area contributed by atoms with E-state index in [1.807, 2.05) is 0 Å². The fraction of sp³-hybridized carbons (Fsp3) is 0.400. The Balaban J connectivity index is 1.73. The second-order valence-corrected chi connectivity index (χ2v) is 6.27. The molecule has 0 aromatic heterocycles. The lowest BCUT2D eigenvalue weighted by Crippen LogP contribution is -2.35. The lowest BCUT2D eigenvalue weighted by atomic mass is 10.0. The summed E-state index contributed by atoms with van der Waals surface area (Å²) in [7, 11) is 0. The third kappa shape index (κ3) is 3.96. The van der Waals surface area contributed by atoms with Crippen LogP contribution in [0.15, 0.2) is 60.7 Å². The summed E-state index contributed by atoms with van der Waals surface area (Å²) in [5.41, 5.74) is 2.74. The predicted octanol–water partition coefficient (Wildman–Crippen LogP) is 4.17. The molecule has 0 spiro atoms. The Morgan fingerprint density at radius 3 is 2.00 bits per heavy atom. The standard InChI is InChI=1S/C20H26N2/c1-17(18-10-4-2-5-11-18)21-20(16-22-14-8-9-15-22)19-12-6-3-7-13-19/h2-7,10-13,17,20-21H,8-9,14-16H2,1H3/t17-,20+/m0/s1. The smallest absolute Gasteiger partial charge is 0.0453 e. The molecule has 0 amide bonds. The SMILES string of the molecule is C[C@H](N[C@H](CN1CCCC1)c1ccccc1)c1ccccc1. The van der Waals surface area contributed by atoms with Crippen molar-refractivity contribution >= 4 is 0 Å². The third-order valence-electron chi connectivity index (χ3n) is 4.59. The van der Waals surface area contributed by atoms with Crippen LogP contribution in [-0.2, 0) is 0 Å². The molecule has 1 aliphatic heterocycles. The molecule has 2 nitrogen and oxygen atoms in total. The van der Waals surface area contributed by atoms with Crippen LogP contribution < -0.4 is 5.32 Å². The molecule has 0 saturated carbocycles. The lowest BCUT2D eigenvalue weighted by molar-refractivity contribution is 0.282. The quantitative estimate of drug-likeness (QED) is 0.860. The molecule has 1 saturated heterocycles. The molecular weight excluding hydrogens is 268 g/mol. The molecule has 1 fully saturated rings. The highest BCUT2D eigenvalue weighted by atomic mass is 15.2. The van der Waals surface area contributed by atoms with E-state index in [1.54, 1.807) is 0 Å². The summed E-state index contributed by atoms with van der Waals surface area (Å²) >= 11 is 0. The molecule has 1 heterocycles. The molecule has 0 unspecified atom stereocenters. The van der Waals surface area contributed by atoms with Gasteiger partial charge < -0.3 is 10.2 Å². The van der Waals surface area contributed by atoms with E-state index in [9.17, 15) is 0 Å². The molecule has 1 aliphatic rings. The Morgan fingerprint density at radius 2 is 1.41 bits per heavy atom. The molecule has 2 heteroatoms. The van der Waals surface area contributed by atoms with Gasteiger partial charge in [0.1, 0.15) is 0 Å². The zero-order valence-corrected chi connectivity index (χ0v) is 13.4. The Kier molecular flexibility index (Phi) is 5.25. The fourth-order valence-corrected chi connectivity index (χ4v) is 3.30. The van der Waals surface area contributed by atoms with Gasteiger partial charge in [0, 0.05) is 18.6 Å². The average molecular weight is 294 g/mol. The van der Waals surface area contributed by atoms with E-state index in [-0.39, 0.29) is 0 Å². The van der Waals surface area contributed by atoms with Crippen molar-refractivity contribution in [3.05, 3.63) is 71.8 Å². The van der Waals surface area contributed by atoms with Gasteiger partial charge in [-0.05, 0) is 44.0 Å². The van der Waals surface area contributed by atoms with E-state index < -0.39 is 0 Å². The van der Waals surface area contributed by atoms with Gasteiger partial charge in [-0.1, -0.05) is 60.7 Å². The molecule has 2 aromatic carbocycles. The first-order valence-electron chi connectivity index (χ1n) is 8.41. The monoisotopic (exact) mass is 294 g/mol. The average Bonchev–Trinajstić information content (AvgIpc) is 3.09. The van der Waals surface area contributed by atoms with Gasteiger partial charge in [0.15, 0.2) is 0 Å². The summed E-state index contributed by atoms with van der Waals surface area (Å²) in [4.78, 5) is 2.59. The summed E-state index contributed by atoms with van der Waals surface area (Å²) in [6.45, 7) is 5.84. The van der Waals surface area contributed by atoms with Crippen LogP contribution in [0.1, 0.15) is 43.0 Å². The van der Waals surface area contributed by atoms with E-state index >= 15 is 0 Å². The van der Waals surface area contributed by atoms with Crippen LogP contribution in [0.2, 0.25) is 0 Å². The topological polar surface area (TPSA) is 15.3 Å². The fourth-order valence-electron chi connectivity index (χ4n) is 3.30. The number of nitrogens with one attached hydrogen (secondary N) is 1. The number of hydrogen-bond acceptors (Lipinski definition) is 2. The Hall–Kier alpha value is -1.64. The molecule has 0 aliphatic carbocycles. The van der Waals surface area contributed by atoms with Crippen molar-refractivity contribution in [2.45, 2.75) is 31.8 Å². The van der Waals surface area contributed by atoms with Gasteiger partial charge in [0.05, 0.1) is 0 Å². The summed E-state index contributed by atoms with van der Waals surface area (Å²) in [5.74, 6) is 0. The van der Waals surface area contributed by atoms with E-state index in [0.717, 1.165) is 6.54 Å². The van der Waals surface area contributed by atoms with Gasteiger partial charge in [-0.15, -0.1) is 0 Å². The normalized spacial score (nSPS) is 18.2. The van der Waals surface area contributed by atoms with Crippen LogP contribution in [0.25, 0.3) is 0 Å². The van der Waals surface area contributed by atoms with Crippen molar-refractivity contribution in [2.24, 2.45) is 0 Å². The molecule has 2 aromatic rings. The van der Waals surface area contributed by atoms with Crippen LogP contribution >= 0.6 is 0 Å². The van der Waals surface area contributed by atoms with E-state index in [2.05, 4.69) is 77.8 Å². The van der Waals surface area contributed by atoms with E-state index in [4.69, 9.17) is 0 Å². The molecule has 22 heavy (non-hydrogen) atoms. The highest BCUT2D eigenvalue weighted by Crippen LogP contribution is 2.22. The van der Waals surface area contributed by atoms with Crippen LogP contribution in [0, 0.1) is 0 Å². The van der Waals surface area contributed by atoms with Gasteiger partial charge >= 0.3 is 0 Å². The molecule has 116 valence electrons. The molecule has 0 radical (unpaired) electrons. The molecule has 1 N–H and O–H groups in total. The maximum atomic E-state index is 3.83. The zero-order chi connectivity index (χ0) is 15.2. The number of hydrogen-bond donors (Lipinski definition) is 1. The highest BCUT2D eigenvalue weighted by Gasteiger charge is 2.20. The predicted molar refractivity (Wildman–Crippen MR) is 92.8 cm³/mol. The van der Waals surface area contributed by atoms with E-state index in [0.29, 0.717) is 12.1 Å². The summed E-state index contributed by atoms with van der Waals surface area (Å²) in [6.07, 6.45) is 2.69. The second kappa shape index (κ2) is 7.57. The summed E-state index contributed by atoms with van der Waals surface area (Å²) < 4.78 is 0. The van der Waals surface area contributed by atoms with Crippen molar-refractivity contribution in [2.75, 3.05) is 19.6 Å². The zero-order valence-electron chi connectivity index (χ0n) is 13.4. The van der Waals surface area contributed by atoms with Crippen molar-refractivity contribution in [3.63, 3.8) is 0 Å². The second-order valence-electron chi connectivity index (χ2n) is 6.27. The highest BCUT2D eigenvalue weighted by molar-refractivity contribution is 5.22. The van der Waals surface area contributed by atoms with Crippen LogP contribution in [-0.4, -0.2) is 24.5 Å². The van der Waals surface area contributed by atoms with Crippen LogP contribution in [0.5, 0.6) is 0 Å². The van der Waals surface area contributed by atoms with Crippen molar-refractivity contribution in [3.8, 4) is 0 Å². The van der Waals surface area contributed by atoms with Gasteiger partial charge in [-0.2, -0.15) is 0 Å². The number of nitrogens with zero attached hydrogens (tertiary/aromatic N) is 1.